The van der Waals surface area contributed by atoms with Crippen LogP contribution in [0.4, 0.5) is 10.5 Å². The zero-order valence-corrected chi connectivity index (χ0v) is 11.4. The molecule has 1 aromatic carbocycles. The van der Waals surface area contributed by atoms with Crippen LogP contribution in [-0.2, 0) is 11.3 Å². The van der Waals surface area contributed by atoms with Crippen LogP contribution in [0.25, 0.3) is 0 Å². The fraction of sp³-hybridized carbons (Fsp3) is 0.429. The molecular weight excluding hydrogens is 258 g/mol. The smallest absolute Gasteiger partial charge is 0.321 e. The molecule has 6 nitrogen and oxygen atoms in total. The Kier molecular flexibility index (Phi) is 4.57. The van der Waals surface area contributed by atoms with Crippen molar-refractivity contribution in [3.05, 3.63) is 29.8 Å². The Morgan fingerprint density at radius 2 is 2.05 bits per heavy atom. The molecule has 2 rings (SSSR count). The molecule has 1 aromatic rings. The van der Waals surface area contributed by atoms with Crippen LogP contribution < -0.4 is 10.6 Å². The quantitative estimate of drug-likeness (QED) is 0.758. The lowest BCUT2D eigenvalue weighted by Gasteiger charge is -2.38. The van der Waals surface area contributed by atoms with Gasteiger partial charge in [-0.3, -0.25) is 4.79 Å². The summed E-state index contributed by atoms with van der Waals surface area (Å²) in [5.74, 6) is -0.736. The van der Waals surface area contributed by atoms with Crippen LogP contribution in [0.3, 0.4) is 0 Å². The van der Waals surface area contributed by atoms with Crippen LogP contribution in [0.15, 0.2) is 24.3 Å². The molecule has 0 bridgehead atoms. The molecule has 0 radical (unpaired) electrons. The number of carboxylic acids is 1. The average molecular weight is 277 g/mol. The largest absolute Gasteiger partial charge is 0.481 e. The minimum atomic E-state index is -0.811. The molecule has 1 heterocycles. The number of carboxylic acid groups (broad SMARTS) is 1. The Labute approximate surface area is 117 Å². The number of aliphatic carboxylic acids is 1. The fourth-order valence-corrected chi connectivity index (χ4v) is 2.29. The number of benzene rings is 1. The standard InChI is InChI=1S/C14H19N3O3/c1-15-7-11-4-2-3-5-12(11)16-14(20)17-8-10(9-17)6-13(18)19/h2-5,10,15H,6-9H2,1H3,(H,16,20)(H,18,19). The molecule has 0 saturated carbocycles. The van der Waals surface area contributed by atoms with Gasteiger partial charge in [-0.25, -0.2) is 4.79 Å². The van der Waals surface area contributed by atoms with Crippen LogP contribution in [0.2, 0.25) is 0 Å². The van der Waals surface area contributed by atoms with Crippen molar-refractivity contribution in [2.24, 2.45) is 5.92 Å². The molecule has 2 amide bonds. The first-order valence-corrected chi connectivity index (χ1v) is 6.60. The number of hydrogen-bond acceptors (Lipinski definition) is 3. The van der Waals surface area contributed by atoms with Crippen molar-refractivity contribution in [3.63, 3.8) is 0 Å². The number of nitrogens with zero attached hydrogens (tertiary/aromatic N) is 1. The lowest BCUT2D eigenvalue weighted by Crippen LogP contribution is -2.52. The second-order valence-corrected chi connectivity index (χ2v) is 4.99. The number of likely N-dealkylation sites (tertiary alicyclic amines) is 1. The summed E-state index contributed by atoms with van der Waals surface area (Å²) in [7, 11) is 1.85. The van der Waals surface area contributed by atoms with Crippen molar-refractivity contribution >= 4 is 17.7 Å². The third-order valence-corrected chi connectivity index (χ3v) is 3.33. The molecule has 6 heteroatoms. The van der Waals surface area contributed by atoms with Crippen molar-refractivity contribution in [3.8, 4) is 0 Å². The highest BCUT2D eigenvalue weighted by atomic mass is 16.4. The number of para-hydroxylation sites is 1. The maximum absolute atomic E-state index is 12.0. The summed E-state index contributed by atoms with van der Waals surface area (Å²) in [6.45, 7) is 1.69. The van der Waals surface area contributed by atoms with Crippen LogP contribution in [0.5, 0.6) is 0 Å². The van der Waals surface area contributed by atoms with Gasteiger partial charge in [0.05, 0.1) is 6.42 Å². The summed E-state index contributed by atoms with van der Waals surface area (Å²) < 4.78 is 0. The third kappa shape index (κ3) is 3.48. The summed E-state index contributed by atoms with van der Waals surface area (Å²) in [5, 5.41) is 14.6. The summed E-state index contributed by atoms with van der Waals surface area (Å²) in [6.07, 6.45) is 0.125. The van der Waals surface area contributed by atoms with Gasteiger partial charge in [0.1, 0.15) is 0 Å². The van der Waals surface area contributed by atoms with Gasteiger partial charge in [-0.05, 0) is 18.7 Å². The number of rotatable bonds is 5. The van der Waals surface area contributed by atoms with Crippen molar-refractivity contribution in [1.82, 2.24) is 10.2 Å². The minimum Gasteiger partial charge on any atom is -0.481 e. The number of nitrogens with one attached hydrogen (secondary N) is 2. The first kappa shape index (κ1) is 14.3. The normalized spacial score (nSPS) is 14.8. The van der Waals surface area contributed by atoms with Gasteiger partial charge in [-0.2, -0.15) is 0 Å². The van der Waals surface area contributed by atoms with Crippen molar-refractivity contribution in [2.75, 3.05) is 25.5 Å². The van der Waals surface area contributed by atoms with Gasteiger partial charge in [0.25, 0.3) is 0 Å². The van der Waals surface area contributed by atoms with Gasteiger partial charge in [0.2, 0.25) is 0 Å². The van der Waals surface area contributed by atoms with Crippen LogP contribution in [0.1, 0.15) is 12.0 Å². The number of urea groups is 1. The van der Waals surface area contributed by atoms with E-state index in [1.165, 1.54) is 0 Å². The van der Waals surface area contributed by atoms with Crippen LogP contribution in [0, 0.1) is 5.92 Å². The fourth-order valence-electron chi connectivity index (χ4n) is 2.29. The van der Waals surface area contributed by atoms with Crippen molar-refractivity contribution < 1.29 is 14.7 Å². The van der Waals surface area contributed by atoms with E-state index >= 15 is 0 Å². The van der Waals surface area contributed by atoms with Crippen molar-refractivity contribution in [2.45, 2.75) is 13.0 Å². The number of hydrogen-bond donors (Lipinski definition) is 3. The van der Waals surface area contributed by atoms with E-state index in [-0.39, 0.29) is 18.4 Å². The summed E-state index contributed by atoms with van der Waals surface area (Å²) in [4.78, 5) is 24.2. The molecule has 1 saturated heterocycles. The van der Waals surface area contributed by atoms with E-state index in [2.05, 4.69) is 10.6 Å². The lowest BCUT2D eigenvalue weighted by molar-refractivity contribution is -0.139. The molecule has 0 atom stereocenters. The summed E-state index contributed by atoms with van der Waals surface area (Å²) >= 11 is 0. The van der Waals surface area contributed by atoms with Crippen molar-refractivity contribution in [1.29, 1.82) is 0 Å². The highest BCUT2D eigenvalue weighted by Gasteiger charge is 2.32. The Hall–Kier alpha value is -2.08. The monoisotopic (exact) mass is 277 g/mol. The third-order valence-electron chi connectivity index (χ3n) is 3.33. The SMILES string of the molecule is CNCc1ccccc1NC(=O)N1CC(CC(=O)O)C1. The van der Waals surface area contributed by atoms with E-state index in [1.807, 2.05) is 31.3 Å². The molecular formula is C14H19N3O3. The zero-order valence-electron chi connectivity index (χ0n) is 11.4. The Morgan fingerprint density at radius 1 is 1.35 bits per heavy atom. The first-order valence-electron chi connectivity index (χ1n) is 6.60. The van der Waals surface area contributed by atoms with Gasteiger partial charge in [-0.1, -0.05) is 18.2 Å². The molecule has 1 fully saturated rings. The number of carbonyl (C=O) groups excluding carboxylic acids is 1. The molecule has 0 aromatic heterocycles. The highest BCUT2D eigenvalue weighted by Crippen LogP contribution is 2.21. The van der Waals surface area contributed by atoms with Gasteiger partial charge >= 0.3 is 12.0 Å². The number of amides is 2. The van der Waals surface area contributed by atoms with Crippen LogP contribution in [-0.4, -0.2) is 42.1 Å². The van der Waals surface area contributed by atoms with Gasteiger partial charge in [0.15, 0.2) is 0 Å². The van der Waals surface area contributed by atoms with E-state index in [1.54, 1.807) is 4.90 Å². The maximum atomic E-state index is 12.0. The topological polar surface area (TPSA) is 81.7 Å². The van der Waals surface area contributed by atoms with E-state index in [9.17, 15) is 9.59 Å². The Balaban J connectivity index is 1.88. The van der Waals surface area contributed by atoms with Gasteiger partial charge < -0.3 is 20.6 Å². The second kappa shape index (κ2) is 6.38. The predicted octanol–water partition coefficient (Wildman–Crippen LogP) is 1.34. The van der Waals surface area contributed by atoms with E-state index in [4.69, 9.17) is 5.11 Å². The molecule has 0 spiro atoms. The average Bonchev–Trinajstić information content (AvgIpc) is 2.35. The molecule has 1 aliphatic heterocycles. The molecule has 108 valence electrons. The molecule has 0 aliphatic carbocycles. The van der Waals surface area contributed by atoms with Crippen LogP contribution >= 0.6 is 0 Å². The molecule has 1 aliphatic rings. The van der Waals surface area contributed by atoms with E-state index in [0.29, 0.717) is 19.6 Å². The summed E-state index contributed by atoms with van der Waals surface area (Å²) in [6, 6.07) is 7.44. The Bertz CT molecular complexity index is 498. The van der Waals surface area contributed by atoms with E-state index in [0.717, 1.165) is 11.3 Å². The highest BCUT2D eigenvalue weighted by molar-refractivity contribution is 5.90. The van der Waals surface area contributed by atoms with Gasteiger partial charge in [0, 0.05) is 31.2 Å². The Morgan fingerprint density at radius 3 is 2.70 bits per heavy atom. The molecule has 20 heavy (non-hydrogen) atoms. The molecule has 3 N–H and O–H groups in total. The predicted molar refractivity (Wildman–Crippen MR) is 75.5 cm³/mol. The zero-order chi connectivity index (χ0) is 14.5. The van der Waals surface area contributed by atoms with E-state index < -0.39 is 5.97 Å². The lowest BCUT2D eigenvalue weighted by atomic mass is 9.97. The maximum Gasteiger partial charge on any atom is 0.321 e. The molecule has 0 unspecified atom stereocenters. The minimum absolute atomic E-state index is 0.0748. The van der Waals surface area contributed by atoms with Gasteiger partial charge in [-0.15, -0.1) is 0 Å². The first-order chi connectivity index (χ1) is 9.60. The number of carbonyl (C=O) groups is 2. The summed E-state index contributed by atoms with van der Waals surface area (Å²) in [5.41, 5.74) is 1.81. The number of anilines is 1. The second-order valence-electron chi connectivity index (χ2n) is 4.99.